The first-order chi connectivity index (χ1) is 25.9. The van der Waals surface area contributed by atoms with Gasteiger partial charge in [-0.05, 0) is 50.2 Å². The van der Waals surface area contributed by atoms with E-state index >= 15 is 35.1 Å². The molecule has 0 unspecified atom stereocenters. The minimum Gasteiger partial charge on any atom is -0.252 e. The van der Waals surface area contributed by atoms with E-state index in [9.17, 15) is 26.3 Å². The van der Waals surface area contributed by atoms with Crippen molar-refractivity contribution in [3.05, 3.63) is 152 Å². The highest BCUT2D eigenvalue weighted by Crippen LogP contribution is 2.43. The van der Waals surface area contributed by atoms with Crippen LogP contribution in [0.1, 0.15) is 36.4 Å². The first-order valence-corrected chi connectivity index (χ1v) is 15.6. The molecule has 0 radical (unpaired) electrons. The summed E-state index contributed by atoms with van der Waals surface area (Å²) in [5.74, 6) is -33.6. The van der Waals surface area contributed by atoms with Gasteiger partial charge in [-0.15, -0.1) is 0 Å². The summed E-state index contributed by atoms with van der Waals surface area (Å²) in [6.45, 7) is 3.04. The Labute approximate surface area is 300 Å². The predicted molar refractivity (Wildman–Crippen MR) is 171 cm³/mol. The van der Waals surface area contributed by atoms with E-state index in [1.54, 1.807) is 0 Å². The Bertz CT molecular complexity index is 2450. The monoisotopic (exact) mass is 778 g/mol. The quantitative estimate of drug-likeness (QED) is 0.0994. The summed E-state index contributed by atoms with van der Waals surface area (Å²) in [5.41, 5.74) is -13.0. The third-order valence-electron chi connectivity index (χ3n) is 9.15. The number of aromatic nitrogens is 2. The van der Waals surface area contributed by atoms with Gasteiger partial charge in [0.1, 0.15) is 23.3 Å². The third-order valence-corrected chi connectivity index (χ3v) is 9.15. The van der Waals surface area contributed by atoms with Crippen LogP contribution in [0.15, 0.2) is 48.5 Å². The predicted octanol–water partition coefficient (Wildman–Crippen LogP) is 11.9. The minimum atomic E-state index is -2.64. The van der Waals surface area contributed by atoms with E-state index in [1.165, 1.54) is 38.1 Å². The van der Waals surface area contributed by atoms with Gasteiger partial charge in [0.15, 0.2) is 46.5 Å². The largest absolute Gasteiger partial charge is 0.252 e. The molecule has 2 nitrogen and oxygen atoms in total. The summed E-state index contributed by atoms with van der Waals surface area (Å²) in [4.78, 5) is 8.79. The molecule has 0 fully saturated rings. The van der Waals surface area contributed by atoms with Crippen molar-refractivity contribution in [2.75, 3.05) is 0 Å². The van der Waals surface area contributed by atoms with Gasteiger partial charge in [0.05, 0.1) is 45.0 Å². The van der Waals surface area contributed by atoms with Crippen molar-refractivity contribution in [3.8, 4) is 44.8 Å². The van der Waals surface area contributed by atoms with Crippen LogP contribution in [0.25, 0.3) is 56.9 Å². The van der Waals surface area contributed by atoms with Crippen LogP contribution in [0.2, 0.25) is 0 Å². The average Bonchev–Trinajstić information content (AvgIpc) is 3.17. The zero-order chi connectivity index (χ0) is 40.0. The molecule has 55 heavy (non-hydrogen) atoms. The Morgan fingerprint density at radius 1 is 0.364 bits per heavy atom. The SMILES string of the molecule is CC1(C)c2cccc(n2)-c2cc(c(F)c(-c3c(F)c(F)c(F)c(F)c3F)c2F)/C=C\c2cc(c(F)c(-c3c(F)c(F)c(F)c(F)c3F)c2F)-c2cccc1n2. The summed E-state index contributed by atoms with van der Waals surface area (Å²) in [6.07, 6.45) is 1.10. The second-order valence-corrected chi connectivity index (χ2v) is 12.7. The molecule has 0 saturated carbocycles. The number of halogens is 14. The molecular weight excluding hydrogens is 762 g/mol. The van der Waals surface area contributed by atoms with Crippen molar-refractivity contribution < 1.29 is 61.5 Å². The van der Waals surface area contributed by atoms with Crippen molar-refractivity contribution in [1.82, 2.24) is 9.97 Å². The van der Waals surface area contributed by atoms with Gasteiger partial charge in [0.25, 0.3) is 0 Å². The molecule has 3 heterocycles. The van der Waals surface area contributed by atoms with E-state index in [-0.39, 0.29) is 22.8 Å². The minimum absolute atomic E-state index is 0.0606. The molecule has 2 aromatic heterocycles. The van der Waals surface area contributed by atoms with Crippen LogP contribution in [-0.4, -0.2) is 9.97 Å². The lowest BCUT2D eigenvalue weighted by molar-refractivity contribution is 0.380. The topological polar surface area (TPSA) is 25.8 Å². The van der Waals surface area contributed by atoms with Crippen molar-refractivity contribution in [3.63, 3.8) is 0 Å². The lowest BCUT2D eigenvalue weighted by atomic mass is 9.84. The van der Waals surface area contributed by atoms with E-state index in [0.29, 0.717) is 24.3 Å². The zero-order valence-corrected chi connectivity index (χ0v) is 27.5. The fraction of sp³-hybridized carbons (Fsp3) is 0.0769. The molecular formula is C39H16F14N2. The molecule has 0 atom stereocenters. The van der Waals surface area contributed by atoms with E-state index in [1.807, 2.05) is 0 Å². The maximum atomic E-state index is 16.4. The smallest absolute Gasteiger partial charge is 0.200 e. The van der Waals surface area contributed by atoms with Crippen molar-refractivity contribution >= 4 is 12.2 Å². The number of hydrogen-bond donors (Lipinski definition) is 0. The van der Waals surface area contributed by atoms with E-state index in [0.717, 1.165) is 12.1 Å². The Hall–Kier alpha value is -6.06. The van der Waals surface area contributed by atoms with Crippen LogP contribution in [0, 0.1) is 81.4 Å². The van der Waals surface area contributed by atoms with Crippen LogP contribution < -0.4 is 0 Å². The molecule has 280 valence electrons. The first-order valence-electron chi connectivity index (χ1n) is 15.6. The molecule has 0 saturated heterocycles. The second kappa shape index (κ2) is 13.1. The molecule has 7 rings (SSSR count). The number of benzene rings is 4. The summed E-state index contributed by atoms with van der Waals surface area (Å²) in [5, 5.41) is 0. The van der Waals surface area contributed by atoms with Crippen LogP contribution in [-0.2, 0) is 5.41 Å². The highest BCUT2D eigenvalue weighted by atomic mass is 19.2. The summed E-state index contributed by atoms with van der Waals surface area (Å²) < 4.78 is 211. The van der Waals surface area contributed by atoms with Crippen molar-refractivity contribution in [2.24, 2.45) is 0 Å². The van der Waals surface area contributed by atoms with Crippen LogP contribution in [0.5, 0.6) is 0 Å². The van der Waals surface area contributed by atoms with Gasteiger partial charge < -0.3 is 0 Å². The Balaban J connectivity index is 1.64. The maximum absolute atomic E-state index is 16.4. The summed E-state index contributed by atoms with van der Waals surface area (Å²) in [7, 11) is 0. The highest BCUT2D eigenvalue weighted by Gasteiger charge is 2.35. The van der Waals surface area contributed by atoms with Crippen molar-refractivity contribution in [1.29, 1.82) is 0 Å². The van der Waals surface area contributed by atoms with Gasteiger partial charge in [-0.25, -0.2) is 61.5 Å². The standard InChI is InChI=1S/C39H16F14N2/c1-39(2)19-7-3-5-17(54-19)15-11-13(25(40)21(27(15)42)23-29(44)33(48)37(52)34(49)30(23)45)9-10-14-12-16(18-6-4-8-20(39)55-18)28(43)22(26(14)41)24-31(46)35(50)38(53)36(51)32(24)47/h3-12H,1-2H3/b10-9-. The average molecular weight is 779 g/mol. The highest BCUT2D eigenvalue weighted by molar-refractivity contribution is 5.84. The molecule has 16 heteroatoms. The molecule has 1 aliphatic rings. The molecule has 1 aliphatic heterocycles. The summed E-state index contributed by atoms with van der Waals surface area (Å²) >= 11 is 0. The second-order valence-electron chi connectivity index (χ2n) is 12.7. The molecule has 0 spiro atoms. The van der Waals surface area contributed by atoms with Crippen molar-refractivity contribution in [2.45, 2.75) is 19.3 Å². The van der Waals surface area contributed by atoms with Crippen LogP contribution in [0.3, 0.4) is 0 Å². The Morgan fingerprint density at radius 3 is 0.982 bits per heavy atom. The number of fused-ring (bicyclic) bond motifs is 10. The molecule has 4 aromatic carbocycles. The fourth-order valence-corrected chi connectivity index (χ4v) is 6.19. The van der Waals surface area contributed by atoms with Gasteiger partial charge in [-0.1, -0.05) is 24.3 Å². The Morgan fingerprint density at radius 2 is 0.655 bits per heavy atom. The van der Waals surface area contributed by atoms with Gasteiger partial charge >= 0.3 is 0 Å². The van der Waals surface area contributed by atoms with E-state index in [4.69, 9.17) is 0 Å². The maximum Gasteiger partial charge on any atom is 0.200 e. The Kier molecular flexibility index (Phi) is 8.85. The lowest BCUT2D eigenvalue weighted by Crippen LogP contribution is -2.22. The van der Waals surface area contributed by atoms with E-state index < -0.39 is 131 Å². The third kappa shape index (κ3) is 5.56. The normalized spacial score (nSPS) is 13.7. The van der Waals surface area contributed by atoms with Gasteiger partial charge in [0.2, 0.25) is 11.6 Å². The first kappa shape index (κ1) is 37.3. The van der Waals surface area contributed by atoms with Crippen LogP contribution in [0.4, 0.5) is 61.5 Å². The number of rotatable bonds is 2. The lowest BCUT2D eigenvalue weighted by Gasteiger charge is -2.25. The van der Waals surface area contributed by atoms with Gasteiger partial charge in [-0.2, -0.15) is 0 Å². The fourth-order valence-electron chi connectivity index (χ4n) is 6.19. The molecule has 0 amide bonds. The molecule has 0 aliphatic carbocycles. The van der Waals surface area contributed by atoms with Gasteiger partial charge in [0, 0.05) is 27.7 Å². The number of nitrogens with zero attached hydrogens (tertiary/aromatic N) is 2. The van der Waals surface area contributed by atoms with Gasteiger partial charge in [-0.3, -0.25) is 9.97 Å². The zero-order valence-electron chi connectivity index (χ0n) is 27.5. The van der Waals surface area contributed by atoms with E-state index in [2.05, 4.69) is 9.97 Å². The molecule has 0 N–H and O–H groups in total. The number of hydrogen-bond acceptors (Lipinski definition) is 2. The summed E-state index contributed by atoms with van der Waals surface area (Å²) in [6, 6.07) is 9.10. The number of pyridine rings is 2. The molecule has 6 aromatic rings. The van der Waals surface area contributed by atoms with Crippen LogP contribution >= 0.6 is 0 Å². The molecule has 8 bridgehead atoms.